The molecule has 2 aromatic rings. The van der Waals surface area contributed by atoms with Crippen molar-refractivity contribution in [1.82, 2.24) is 10.4 Å². The van der Waals surface area contributed by atoms with E-state index in [4.69, 9.17) is 10.3 Å². The molecule has 0 aliphatic heterocycles. The van der Waals surface area contributed by atoms with E-state index in [1.54, 1.807) is 12.5 Å². The van der Waals surface area contributed by atoms with Crippen molar-refractivity contribution in [3.05, 3.63) is 53.7 Å². The van der Waals surface area contributed by atoms with Gasteiger partial charge in [-0.25, -0.2) is 0 Å². The summed E-state index contributed by atoms with van der Waals surface area (Å²) < 4.78 is 5.03. The van der Waals surface area contributed by atoms with Gasteiger partial charge in [0.15, 0.2) is 0 Å². The number of hydrogen-bond donors (Lipinski definition) is 2. The molecule has 0 aliphatic rings. The van der Waals surface area contributed by atoms with E-state index in [1.807, 2.05) is 31.2 Å². The lowest BCUT2D eigenvalue weighted by Gasteiger charge is -2.14. The predicted octanol–water partition coefficient (Wildman–Crippen LogP) is 1.73. The fraction of sp³-hybridized carbons (Fsp3) is 0.250. The Morgan fingerprint density at radius 3 is 2.94 bits per heavy atom. The molecule has 0 aliphatic carbocycles. The van der Waals surface area contributed by atoms with Gasteiger partial charge in [-0.2, -0.15) is 0 Å². The Hall–Kier alpha value is -1.65. The lowest BCUT2D eigenvalue weighted by Crippen LogP contribution is -2.30. The van der Waals surface area contributed by atoms with Gasteiger partial charge in [-0.15, -0.1) is 0 Å². The van der Waals surface area contributed by atoms with Crippen LogP contribution in [0.1, 0.15) is 23.0 Å². The lowest BCUT2D eigenvalue weighted by atomic mass is 10.1. The minimum absolute atomic E-state index is 0.0116. The molecule has 4 heteroatoms. The van der Waals surface area contributed by atoms with Crippen LogP contribution in [0.4, 0.5) is 0 Å². The van der Waals surface area contributed by atoms with E-state index in [0.717, 1.165) is 23.4 Å². The highest BCUT2D eigenvalue weighted by Crippen LogP contribution is 2.16. The van der Waals surface area contributed by atoms with Gasteiger partial charge in [0.25, 0.3) is 0 Å². The van der Waals surface area contributed by atoms with Crippen LogP contribution in [-0.2, 0) is 6.42 Å². The second kappa shape index (κ2) is 4.92. The summed E-state index contributed by atoms with van der Waals surface area (Å²) in [6, 6.07) is 7.86. The fourth-order valence-corrected chi connectivity index (χ4v) is 1.65. The molecule has 0 saturated heterocycles. The van der Waals surface area contributed by atoms with Crippen LogP contribution in [0.15, 0.2) is 41.2 Å². The second-order valence-electron chi connectivity index (χ2n) is 3.76. The normalized spacial score (nSPS) is 12.6. The number of pyridine rings is 1. The van der Waals surface area contributed by atoms with E-state index in [1.165, 1.54) is 0 Å². The van der Waals surface area contributed by atoms with Crippen molar-refractivity contribution in [3.8, 4) is 0 Å². The largest absolute Gasteiger partial charge is 0.472 e. The van der Waals surface area contributed by atoms with Gasteiger partial charge in [-0.1, -0.05) is 6.07 Å². The number of aryl methyl sites for hydroxylation is 1. The Bertz CT molecular complexity index is 439. The molecule has 1 unspecified atom stereocenters. The first-order valence-corrected chi connectivity index (χ1v) is 5.20. The van der Waals surface area contributed by atoms with Gasteiger partial charge in [0.2, 0.25) is 0 Å². The third-order valence-corrected chi connectivity index (χ3v) is 2.49. The summed E-state index contributed by atoms with van der Waals surface area (Å²) in [5.41, 5.74) is 5.82. The van der Waals surface area contributed by atoms with Crippen LogP contribution in [0.2, 0.25) is 0 Å². The van der Waals surface area contributed by atoms with Crippen molar-refractivity contribution in [2.75, 3.05) is 0 Å². The second-order valence-corrected chi connectivity index (χ2v) is 3.76. The maximum Gasteiger partial charge on any atom is 0.0935 e. The van der Waals surface area contributed by atoms with Gasteiger partial charge in [-0.05, 0) is 37.1 Å². The van der Waals surface area contributed by atoms with Gasteiger partial charge in [-0.3, -0.25) is 16.3 Å². The zero-order chi connectivity index (χ0) is 11.4. The molecular formula is C12H15N3O. The summed E-state index contributed by atoms with van der Waals surface area (Å²) >= 11 is 0. The third-order valence-electron chi connectivity index (χ3n) is 2.49. The van der Waals surface area contributed by atoms with Crippen LogP contribution in [0.3, 0.4) is 0 Å². The number of rotatable bonds is 4. The van der Waals surface area contributed by atoms with E-state index in [2.05, 4.69) is 10.4 Å². The molecule has 0 fully saturated rings. The molecule has 84 valence electrons. The highest BCUT2D eigenvalue weighted by Gasteiger charge is 2.12. The smallest absolute Gasteiger partial charge is 0.0935 e. The molecule has 2 heterocycles. The first-order valence-electron chi connectivity index (χ1n) is 5.20. The summed E-state index contributed by atoms with van der Waals surface area (Å²) in [6.07, 6.45) is 4.15. The summed E-state index contributed by atoms with van der Waals surface area (Å²) in [5, 5.41) is 0. The van der Waals surface area contributed by atoms with E-state index in [0.29, 0.717) is 0 Å². The molecule has 0 aromatic carbocycles. The summed E-state index contributed by atoms with van der Waals surface area (Å²) in [6.45, 7) is 1.97. The molecule has 2 aromatic heterocycles. The molecule has 1 atom stereocenters. The number of hydrazine groups is 1. The summed E-state index contributed by atoms with van der Waals surface area (Å²) in [7, 11) is 0. The number of furan rings is 1. The van der Waals surface area contributed by atoms with Crippen LogP contribution in [0.25, 0.3) is 0 Å². The Balaban J connectivity index is 2.16. The van der Waals surface area contributed by atoms with Crippen LogP contribution in [0.5, 0.6) is 0 Å². The minimum Gasteiger partial charge on any atom is -0.472 e. The number of aromatic nitrogens is 1. The van der Waals surface area contributed by atoms with Crippen molar-refractivity contribution in [2.45, 2.75) is 19.4 Å². The summed E-state index contributed by atoms with van der Waals surface area (Å²) in [4.78, 5) is 4.45. The summed E-state index contributed by atoms with van der Waals surface area (Å²) in [5.74, 6) is 5.55. The quantitative estimate of drug-likeness (QED) is 0.604. The average Bonchev–Trinajstić information content (AvgIpc) is 2.78. The number of nitrogens with one attached hydrogen (secondary N) is 1. The zero-order valence-corrected chi connectivity index (χ0v) is 9.18. The van der Waals surface area contributed by atoms with Gasteiger partial charge >= 0.3 is 0 Å². The van der Waals surface area contributed by atoms with Gasteiger partial charge in [0, 0.05) is 5.69 Å². The SMILES string of the molecule is Cc1cccc(C(Cc2ccoc2)NN)n1. The Morgan fingerprint density at radius 1 is 1.44 bits per heavy atom. The predicted molar refractivity (Wildman–Crippen MR) is 61.5 cm³/mol. The molecule has 0 spiro atoms. The number of nitrogens with two attached hydrogens (primary N) is 1. The van der Waals surface area contributed by atoms with Crippen LogP contribution in [0, 0.1) is 6.92 Å². The van der Waals surface area contributed by atoms with Crippen LogP contribution < -0.4 is 11.3 Å². The van der Waals surface area contributed by atoms with Gasteiger partial charge < -0.3 is 4.42 Å². The highest BCUT2D eigenvalue weighted by molar-refractivity contribution is 5.17. The van der Waals surface area contributed by atoms with Crippen molar-refractivity contribution < 1.29 is 4.42 Å². The molecule has 4 nitrogen and oxygen atoms in total. The Morgan fingerprint density at radius 2 is 2.31 bits per heavy atom. The molecular weight excluding hydrogens is 202 g/mol. The molecule has 2 rings (SSSR count). The van der Waals surface area contributed by atoms with E-state index < -0.39 is 0 Å². The average molecular weight is 217 g/mol. The molecule has 0 saturated carbocycles. The van der Waals surface area contributed by atoms with Crippen molar-refractivity contribution in [3.63, 3.8) is 0 Å². The first kappa shape index (κ1) is 10.9. The standard InChI is InChI=1S/C12H15N3O/c1-9-3-2-4-11(14-9)12(15-13)7-10-5-6-16-8-10/h2-6,8,12,15H,7,13H2,1H3. The lowest BCUT2D eigenvalue weighted by molar-refractivity contribution is 0.526. The Kier molecular flexibility index (Phi) is 3.34. The van der Waals surface area contributed by atoms with Gasteiger partial charge in [0.05, 0.1) is 24.3 Å². The maximum atomic E-state index is 5.55. The van der Waals surface area contributed by atoms with E-state index in [9.17, 15) is 0 Å². The van der Waals surface area contributed by atoms with Crippen LogP contribution in [-0.4, -0.2) is 4.98 Å². The highest BCUT2D eigenvalue weighted by atomic mass is 16.3. The molecule has 16 heavy (non-hydrogen) atoms. The van der Waals surface area contributed by atoms with Crippen molar-refractivity contribution in [1.29, 1.82) is 0 Å². The topological polar surface area (TPSA) is 64.1 Å². The molecule has 0 amide bonds. The zero-order valence-electron chi connectivity index (χ0n) is 9.18. The molecule has 0 radical (unpaired) electrons. The Labute approximate surface area is 94.5 Å². The van der Waals surface area contributed by atoms with Crippen molar-refractivity contribution >= 4 is 0 Å². The van der Waals surface area contributed by atoms with Gasteiger partial charge in [0.1, 0.15) is 0 Å². The first-order chi connectivity index (χ1) is 7.79. The molecule has 3 N–H and O–H groups in total. The maximum absolute atomic E-state index is 5.55. The van der Waals surface area contributed by atoms with Crippen molar-refractivity contribution in [2.24, 2.45) is 5.84 Å². The monoisotopic (exact) mass is 217 g/mol. The van der Waals surface area contributed by atoms with E-state index in [-0.39, 0.29) is 6.04 Å². The number of hydrogen-bond acceptors (Lipinski definition) is 4. The third kappa shape index (κ3) is 2.48. The number of nitrogens with zero attached hydrogens (tertiary/aromatic N) is 1. The molecule has 0 bridgehead atoms. The fourth-order valence-electron chi connectivity index (χ4n) is 1.65. The van der Waals surface area contributed by atoms with E-state index >= 15 is 0 Å². The minimum atomic E-state index is 0.0116. The van der Waals surface area contributed by atoms with Crippen LogP contribution >= 0.6 is 0 Å².